The van der Waals surface area contributed by atoms with Crippen molar-refractivity contribution in [1.82, 2.24) is 4.90 Å². The van der Waals surface area contributed by atoms with Crippen molar-refractivity contribution in [3.05, 3.63) is 34.9 Å². The molecule has 1 aromatic carbocycles. The van der Waals surface area contributed by atoms with Gasteiger partial charge in [-0.15, -0.1) is 0 Å². The molecule has 2 rings (SSSR count). The zero-order valence-corrected chi connectivity index (χ0v) is 11.6. The minimum atomic E-state index is -0.969. The highest BCUT2D eigenvalue weighted by molar-refractivity contribution is 5.98. The first-order chi connectivity index (χ1) is 8.79. The molecule has 1 aromatic rings. The van der Waals surface area contributed by atoms with Crippen LogP contribution in [0.15, 0.2) is 18.2 Å². The van der Waals surface area contributed by atoms with E-state index in [4.69, 9.17) is 5.11 Å². The van der Waals surface area contributed by atoms with E-state index in [1.165, 1.54) is 10.5 Å². The molecule has 19 heavy (non-hydrogen) atoms. The van der Waals surface area contributed by atoms with Crippen LogP contribution in [0, 0.1) is 0 Å². The summed E-state index contributed by atoms with van der Waals surface area (Å²) in [6.07, 6.45) is 0.721. The Morgan fingerprint density at radius 2 is 2.05 bits per heavy atom. The van der Waals surface area contributed by atoms with E-state index < -0.39 is 5.97 Å². The summed E-state index contributed by atoms with van der Waals surface area (Å²) in [6, 6.07) is 5.86. The first-order valence-corrected chi connectivity index (χ1v) is 6.43. The summed E-state index contributed by atoms with van der Waals surface area (Å²) in [6.45, 7) is 6.66. The van der Waals surface area contributed by atoms with Crippen LogP contribution in [0.3, 0.4) is 0 Å². The van der Waals surface area contributed by atoms with Gasteiger partial charge in [-0.3, -0.25) is 9.59 Å². The summed E-state index contributed by atoms with van der Waals surface area (Å²) < 4.78 is 0. The second-order valence-electron chi connectivity index (χ2n) is 5.99. The molecule has 0 aliphatic carbocycles. The molecule has 0 saturated carbocycles. The number of amides is 1. The van der Waals surface area contributed by atoms with E-state index in [0.717, 1.165) is 12.0 Å². The van der Waals surface area contributed by atoms with Crippen LogP contribution in [-0.2, 0) is 16.6 Å². The molecule has 1 heterocycles. The second-order valence-corrected chi connectivity index (χ2v) is 5.99. The Labute approximate surface area is 113 Å². The number of nitrogens with zero attached hydrogens (tertiary/aromatic N) is 1. The van der Waals surface area contributed by atoms with Gasteiger partial charge in [0.15, 0.2) is 0 Å². The SMILES string of the molecule is CC(C)(C)c1ccc2c(c1)CCN(CC(=O)O)C2=O. The van der Waals surface area contributed by atoms with E-state index >= 15 is 0 Å². The number of hydrogen-bond acceptors (Lipinski definition) is 2. The van der Waals surface area contributed by atoms with E-state index in [9.17, 15) is 9.59 Å². The maximum Gasteiger partial charge on any atom is 0.323 e. The third-order valence-electron chi connectivity index (χ3n) is 3.47. The van der Waals surface area contributed by atoms with E-state index in [-0.39, 0.29) is 17.9 Å². The quantitative estimate of drug-likeness (QED) is 0.886. The molecule has 0 fully saturated rings. The van der Waals surface area contributed by atoms with Crippen molar-refractivity contribution in [3.63, 3.8) is 0 Å². The van der Waals surface area contributed by atoms with E-state index in [0.29, 0.717) is 12.1 Å². The standard InChI is InChI=1S/C15H19NO3/c1-15(2,3)11-4-5-12-10(8-11)6-7-16(14(12)19)9-13(17)18/h4-5,8H,6-7,9H2,1-3H3,(H,17,18). The van der Waals surface area contributed by atoms with E-state index in [1.54, 1.807) is 0 Å². The number of carboxylic acid groups (broad SMARTS) is 1. The van der Waals surface area contributed by atoms with Crippen LogP contribution in [0.4, 0.5) is 0 Å². The van der Waals surface area contributed by atoms with Crippen LogP contribution in [0.1, 0.15) is 42.3 Å². The molecule has 0 saturated heterocycles. The number of carbonyl (C=O) groups is 2. The molecule has 1 aliphatic rings. The Balaban J connectivity index is 2.31. The average molecular weight is 261 g/mol. The summed E-state index contributed by atoms with van der Waals surface area (Å²) in [5.74, 6) is -1.15. The highest BCUT2D eigenvalue weighted by Crippen LogP contribution is 2.27. The van der Waals surface area contributed by atoms with E-state index in [1.807, 2.05) is 12.1 Å². The second kappa shape index (κ2) is 4.68. The van der Waals surface area contributed by atoms with E-state index in [2.05, 4.69) is 26.8 Å². The van der Waals surface area contributed by atoms with Crippen LogP contribution in [0.2, 0.25) is 0 Å². The topological polar surface area (TPSA) is 57.6 Å². The van der Waals surface area contributed by atoms with Crippen LogP contribution >= 0.6 is 0 Å². The number of rotatable bonds is 2. The number of aliphatic carboxylic acids is 1. The lowest BCUT2D eigenvalue weighted by molar-refractivity contribution is -0.137. The highest BCUT2D eigenvalue weighted by Gasteiger charge is 2.27. The number of carbonyl (C=O) groups excluding carboxylic acids is 1. The van der Waals surface area contributed by atoms with Gasteiger partial charge in [-0.25, -0.2) is 0 Å². The van der Waals surface area contributed by atoms with Crippen molar-refractivity contribution in [2.75, 3.05) is 13.1 Å². The molecule has 0 bridgehead atoms. The van der Waals surface area contributed by atoms with Gasteiger partial charge in [0.2, 0.25) is 0 Å². The summed E-state index contributed by atoms with van der Waals surface area (Å²) in [4.78, 5) is 24.3. The zero-order valence-electron chi connectivity index (χ0n) is 11.6. The van der Waals surface area contributed by atoms with Gasteiger partial charge in [0.05, 0.1) is 0 Å². The summed E-state index contributed by atoms with van der Waals surface area (Å²) in [5.41, 5.74) is 2.92. The number of fused-ring (bicyclic) bond motifs is 1. The smallest absolute Gasteiger partial charge is 0.323 e. The monoisotopic (exact) mass is 261 g/mol. The highest BCUT2D eigenvalue weighted by atomic mass is 16.4. The van der Waals surface area contributed by atoms with Crippen molar-refractivity contribution in [1.29, 1.82) is 0 Å². The lowest BCUT2D eigenvalue weighted by Crippen LogP contribution is -2.40. The maximum atomic E-state index is 12.2. The van der Waals surface area contributed by atoms with Gasteiger partial charge in [-0.1, -0.05) is 32.9 Å². The van der Waals surface area contributed by atoms with Crippen molar-refractivity contribution < 1.29 is 14.7 Å². The summed E-state index contributed by atoms with van der Waals surface area (Å²) in [5, 5.41) is 8.79. The molecule has 0 radical (unpaired) electrons. The first kappa shape index (κ1) is 13.6. The van der Waals surface area contributed by atoms with Crippen molar-refractivity contribution >= 4 is 11.9 Å². The first-order valence-electron chi connectivity index (χ1n) is 6.43. The lowest BCUT2D eigenvalue weighted by Gasteiger charge is -2.29. The van der Waals surface area contributed by atoms with Gasteiger partial charge in [0.25, 0.3) is 5.91 Å². The minimum absolute atomic E-state index is 0.0519. The molecular weight excluding hydrogens is 242 g/mol. The fraction of sp³-hybridized carbons (Fsp3) is 0.467. The Morgan fingerprint density at radius 1 is 1.37 bits per heavy atom. The summed E-state index contributed by atoms with van der Waals surface area (Å²) in [7, 11) is 0. The Morgan fingerprint density at radius 3 is 2.63 bits per heavy atom. The molecular formula is C15H19NO3. The number of benzene rings is 1. The molecule has 4 nitrogen and oxygen atoms in total. The van der Waals surface area contributed by atoms with Crippen LogP contribution in [0.25, 0.3) is 0 Å². The molecule has 102 valence electrons. The fourth-order valence-corrected chi connectivity index (χ4v) is 2.32. The fourth-order valence-electron chi connectivity index (χ4n) is 2.32. The average Bonchev–Trinajstić information content (AvgIpc) is 2.31. The Hall–Kier alpha value is -1.84. The minimum Gasteiger partial charge on any atom is -0.480 e. The van der Waals surface area contributed by atoms with Crippen LogP contribution in [-0.4, -0.2) is 35.0 Å². The van der Waals surface area contributed by atoms with Gasteiger partial charge in [-0.2, -0.15) is 0 Å². The number of hydrogen-bond donors (Lipinski definition) is 1. The van der Waals surface area contributed by atoms with Gasteiger partial charge < -0.3 is 10.0 Å². The normalized spacial score (nSPS) is 15.3. The van der Waals surface area contributed by atoms with Crippen molar-refractivity contribution in [3.8, 4) is 0 Å². The molecule has 1 aliphatic heterocycles. The van der Waals surface area contributed by atoms with Gasteiger partial charge in [0, 0.05) is 12.1 Å². The molecule has 0 atom stereocenters. The van der Waals surface area contributed by atoms with Gasteiger partial charge in [-0.05, 0) is 29.0 Å². The Bertz CT molecular complexity index is 529. The number of carboxylic acids is 1. The van der Waals surface area contributed by atoms with Crippen molar-refractivity contribution in [2.24, 2.45) is 0 Å². The lowest BCUT2D eigenvalue weighted by atomic mass is 9.84. The third-order valence-corrected chi connectivity index (χ3v) is 3.47. The van der Waals surface area contributed by atoms with Gasteiger partial charge in [0.1, 0.15) is 6.54 Å². The predicted molar refractivity (Wildman–Crippen MR) is 72.4 cm³/mol. The molecule has 1 N–H and O–H groups in total. The van der Waals surface area contributed by atoms with Gasteiger partial charge >= 0.3 is 5.97 Å². The Kier molecular flexibility index (Phi) is 3.35. The molecule has 0 aromatic heterocycles. The molecule has 0 spiro atoms. The predicted octanol–water partition coefficient (Wildman–Crippen LogP) is 2.07. The maximum absolute atomic E-state index is 12.2. The van der Waals surface area contributed by atoms with Crippen LogP contribution in [0.5, 0.6) is 0 Å². The third kappa shape index (κ3) is 2.78. The molecule has 1 amide bonds. The summed E-state index contributed by atoms with van der Waals surface area (Å²) >= 11 is 0. The van der Waals surface area contributed by atoms with Crippen LogP contribution < -0.4 is 0 Å². The molecule has 4 heteroatoms. The largest absolute Gasteiger partial charge is 0.480 e. The van der Waals surface area contributed by atoms with Crippen molar-refractivity contribution in [2.45, 2.75) is 32.6 Å². The zero-order chi connectivity index (χ0) is 14.2. The molecule has 0 unspecified atom stereocenters.